The second kappa shape index (κ2) is 10.7. The summed E-state index contributed by atoms with van der Waals surface area (Å²) < 4.78 is 6.24. The van der Waals surface area contributed by atoms with Crippen LogP contribution in [0.25, 0.3) is 0 Å². The van der Waals surface area contributed by atoms with Crippen LogP contribution >= 0.6 is 27.5 Å². The van der Waals surface area contributed by atoms with Gasteiger partial charge < -0.3 is 15.0 Å². The molecule has 2 N–H and O–H groups in total. The third-order valence-corrected chi connectivity index (χ3v) is 5.96. The average Bonchev–Trinajstić information content (AvgIpc) is 2.83. The number of aryl methyl sites for hydroxylation is 1. The van der Waals surface area contributed by atoms with Crippen molar-refractivity contribution in [2.45, 2.75) is 6.92 Å². The van der Waals surface area contributed by atoms with Crippen molar-refractivity contribution in [3.8, 4) is 0 Å². The number of hydrogen-bond donors (Lipinski definition) is 2. The van der Waals surface area contributed by atoms with Crippen LogP contribution in [-0.2, 0) is 4.74 Å². The van der Waals surface area contributed by atoms with Gasteiger partial charge in [-0.3, -0.25) is 10.1 Å². The minimum atomic E-state index is -0.453. The Morgan fingerprint density at radius 1 is 1.18 bits per heavy atom. The Balaban J connectivity index is 1.58. The Morgan fingerprint density at radius 3 is 2.59 bits per heavy atom. The van der Waals surface area contributed by atoms with Gasteiger partial charge in [-0.25, -0.2) is 5.43 Å². The van der Waals surface area contributed by atoms with E-state index in [9.17, 15) is 10.1 Å². The molecule has 176 valence electrons. The van der Waals surface area contributed by atoms with Crippen LogP contribution in [0.4, 0.5) is 29.2 Å². The molecule has 2 heterocycles. The fourth-order valence-corrected chi connectivity index (χ4v) is 3.81. The van der Waals surface area contributed by atoms with E-state index in [0.29, 0.717) is 54.5 Å². The number of rotatable bonds is 7. The molecule has 0 radical (unpaired) electrons. The van der Waals surface area contributed by atoms with Crippen molar-refractivity contribution in [3.63, 3.8) is 0 Å². The van der Waals surface area contributed by atoms with Gasteiger partial charge in [0, 0.05) is 34.7 Å². The zero-order chi connectivity index (χ0) is 24.1. The normalized spacial score (nSPS) is 13.8. The molecule has 0 spiro atoms. The van der Waals surface area contributed by atoms with Crippen LogP contribution in [0, 0.1) is 17.0 Å². The van der Waals surface area contributed by atoms with Gasteiger partial charge in [0.25, 0.3) is 5.69 Å². The average molecular weight is 548 g/mol. The Bertz CT molecular complexity index is 1220. The quantitative estimate of drug-likeness (QED) is 0.249. The van der Waals surface area contributed by atoms with Crippen molar-refractivity contribution in [3.05, 3.63) is 67.1 Å². The number of benzene rings is 2. The first-order chi connectivity index (χ1) is 16.4. The van der Waals surface area contributed by atoms with Crippen LogP contribution in [0.15, 0.2) is 46.0 Å². The molecule has 1 aromatic heterocycles. The highest BCUT2D eigenvalue weighted by Crippen LogP contribution is 2.31. The molecule has 0 unspecified atom stereocenters. The molecular formula is C21H20BrClN8O3. The van der Waals surface area contributed by atoms with Gasteiger partial charge >= 0.3 is 0 Å². The highest BCUT2D eigenvalue weighted by atomic mass is 79.9. The zero-order valence-electron chi connectivity index (χ0n) is 18.0. The van der Waals surface area contributed by atoms with Crippen molar-refractivity contribution in [1.82, 2.24) is 15.0 Å². The molecule has 4 rings (SSSR count). The monoisotopic (exact) mass is 546 g/mol. The lowest BCUT2D eigenvalue weighted by molar-refractivity contribution is -0.384. The molecule has 0 aliphatic carbocycles. The number of morpholine rings is 1. The number of nitrogens with one attached hydrogen (secondary N) is 2. The standard InChI is InChI=1S/C21H20BrClN8O3/c1-13-10-16(22)18(11-17(13)23)25-19-26-20(28-21(27-19)30-6-8-34-9-7-30)29-24-12-14-2-4-15(5-3-14)31(32)33/h2-5,10-12H,6-9H2,1H3,(H2,25,26,27,28,29)/b24-12+. The van der Waals surface area contributed by atoms with E-state index < -0.39 is 4.92 Å². The summed E-state index contributed by atoms with van der Waals surface area (Å²) in [6.45, 7) is 4.37. The summed E-state index contributed by atoms with van der Waals surface area (Å²) in [5.41, 5.74) is 5.14. The summed E-state index contributed by atoms with van der Waals surface area (Å²) in [5.74, 6) is 1.01. The third-order valence-electron chi connectivity index (χ3n) is 4.89. The molecule has 0 saturated carbocycles. The molecule has 2 aromatic carbocycles. The summed E-state index contributed by atoms with van der Waals surface area (Å²) >= 11 is 9.82. The van der Waals surface area contributed by atoms with Crippen molar-refractivity contribution in [2.24, 2.45) is 5.10 Å². The van der Waals surface area contributed by atoms with Crippen molar-refractivity contribution >= 4 is 63.0 Å². The molecule has 1 aliphatic heterocycles. The van der Waals surface area contributed by atoms with E-state index in [4.69, 9.17) is 16.3 Å². The fraction of sp³-hybridized carbons (Fsp3) is 0.238. The van der Waals surface area contributed by atoms with Crippen LogP contribution in [-0.4, -0.2) is 52.4 Å². The van der Waals surface area contributed by atoms with Gasteiger partial charge in [-0.15, -0.1) is 0 Å². The van der Waals surface area contributed by atoms with Crippen LogP contribution in [0.3, 0.4) is 0 Å². The Labute approximate surface area is 208 Å². The minimum absolute atomic E-state index is 0.0100. The van der Waals surface area contributed by atoms with E-state index in [0.717, 1.165) is 10.0 Å². The molecule has 34 heavy (non-hydrogen) atoms. The van der Waals surface area contributed by atoms with Crippen molar-refractivity contribution < 1.29 is 9.66 Å². The lowest BCUT2D eigenvalue weighted by Gasteiger charge is -2.27. The summed E-state index contributed by atoms with van der Waals surface area (Å²) in [4.78, 5) is 25.8. The molecule has 0 bridgehead atoms. The molecule has 0 amide bonds. The second-order valence-corrected chi connectivity index (χ2v) is 8.57. The molecule has 1 saturated heterocycles. The smallest absolute Gasteiger partial charge is 0.269 e. The number of ether oxygens (including phenoxy) is 1. The van der Waals surface area contributed by atoms with E-state index >= 15 is 0 Å². The maximum atomic E-state index is 10.8. The number of anilines is 4. The van der Waals surface area contributed by atoms with E-state index in [1.807, 2.05) is 17.9 Å². The SMILES string of the molecule is Cc1cc(Br)c(Nc2nc(N/N=C/c3ccc([N+](=O)[O-])cc3)nc(N3CCOCC3)n2)cc1Cl. The van der Waals surface area contributed by atoms with Gasteiger partial charge in [-0.05, 0) is 58.2 Å². The van der Waals surface area contributed by atoms with E-state index in [2.05, 4.69) is 46.7 Å². The number of nitro benzene ring substituents is 1. The maximum Gasteiger partial charge on any atom is 0.269 e. The number of hydrogen-bond acceptors (Lipinski definition) is 10. The number of nitro groups is 1. The number of aromatic nitrogens is 3. The number of nitrogens with zero attached hydrogens (tertiary/aromatic N) is 6. The molecule has 3 aromatic rings. The highest BCUT2D eigenvalue weighted by molar-refractivity contribution is 9.10. The summed E-state index contributed by atoms with van der Waals surface area (Å²) in [6, 6.07) is 9.71. The van der Waals surface area contributed by atoms with Crippen LogP contribution in [0.5, 0.6) is 0 Å². The van der Waals surface area contributed by atoms with Crippen LogP contribution in [0.2, 0.25) is 5.02 Å². The summed E-state index contributed by atoms with van der Waals surface area (Å²) in [6.07, 6.45) is 1.52. The largest absolute Gasteiger partial charge is 0.378 e. The first-order valence-electron chi connectivity index (χ1n) is 10.2. The predicted molar refractivity (Wildman–Crippen MR) is 134 cm³/mol. The highest BCUT2D eigenvalue weighted by Gasteiger charge is 2.17. The van der Waals surface area contributed by atoms with Crippen molar-refractivity contribution in [2.75, 3.05) is 41.9 Å². The maximum absolute atomic E-state index is 10.8. The van der Waals surface area contributed by atoms with Gasteiger partial charge in [0.05, 0.1) is 30.0 Å². The van der Waals surface area contributed by atoms with Crippen LogP contribution < -0.4 is 15.6 Å². The minimum Gasteiger partial charge on any atom is -0.378 e. The lowest BCUT2D eigenvalue weighted by atomic mass is 10.2. The van der Waals surface area contributed by atoms with Crippen LogP contribution in [0.1, 0.15) is 11.1 Å². The molecule has 1 aliphatic rings. The van der Waals surface area contributed by atoms with E-state index in [1.165, 1.54) is 18.3 Å². The first-order valence-corrected chi connectivity index (χ1v) is 11.4. The number of non-ortho nitro benzene ring substituents is 1. The first kappa shape index (κ1) is 23.8. The fourth-order valence-electron chi connectivity index (χ4n) is 3.08. The predicted octanol–water partition coefficient (Wildman–Crippen LogP) is 4.53. The molecular weight excluding hydrogens is 528 g/mol. The summed E-state index contributed by atoms with van der Waals surface area (Å²) in [7, 11) is 0. The third kappa shape index (κ3) is 5.95. The Kier molecular flexibility index (Phi) is 7.50. The Hall–Kier alpha value is -3.35. The van der Waals surface area contributed by atoms with Gasteiger partial charge in [0.1, 0.15) is 0 Å². The molecule has 11 nitrogen and oxygen atoms in total. The van der Waals surface area contributed by atoms with Gasteiger partial charge in [-0.1, -0.05) is 11.6 Å². The number of hydrazone groups is 1. The van der Waals surface area contributed by atoms with E-state index in [1.54, 1.807) is 18.2 Å². The lowest BCUT2D eigenvalue weighted by Crippen LogP contribution is -2.37. The van der Waals surface area contributed by atoms with Gasteiger partial charge in [-0.2, -0.15) is 20.1 Å². The number of halogens is 2. The second-order valence-electron chi connectivity index (χ2n) is 7.31. The van der Waals surface area contributed by atoms with Crippen molar-refractivity contribution in [1.29, 1.82) is 0 Å². The van der Waals surface area contributed by atoms with Gasteiger partial charge in [0.15, 0.2) is 0 Å². The summed E-state index contributed by atoms with van der Waals surface area (Å²) in [5, 5.41) is 18.8. The zero-order valence-corrected chi connectivity index (χ0v) is 20.4. The molecule has 13 heteroatoms. The van der Waals surface area contributed by atoms with Gasteiger partial charge in [0.2, 0.25) is 17.8 Å². The molecule has 0 atom stereocenters. The molecule has 1 fully saturated rings. The van der Waals surface area contributed by atoms with E-state index in [-0.39, 0.29) is 11.6 Å². The Morgan fingerprint density at radius 2 is 1.88 bits per heavy atom. The topological polar surface area (TPSA) is 131 Å².